The van der Waals surface area contributed by atoms with Crippen LogP contribution in [0.1, 0.15) is 41.8 Å². The summed E-state index contributed by atoms with van der Waals surface area (Å²) in [5.74, 6) is -0.223. The Bertz CT molecular complexity index is 665. The molecule has 0 aliphatic heterocycles. The van der Waals surface area contributed by atoms with Crippen LogP contribution in [0.15, 0.2) is 10.3 Å². The van der Waals surface area contributed by atoms with Crippen molar-refractivity contribution in [1.29, 1.82) is 0 Å². The molecule has 2 rings (SSSR count). The van der Waals surface area contributed by atoms with E-state index in [4.69, 9.17) is 10.5 Å². The molecule has 0 bridgehead atoms. The zero-order valence-corrected chi connectivity index (χ0v) is 15.5. The predicted octanol–water partition coefficient (Wildman–Crippen LogP) is 1.73. The predicted molar refractivity (Wildman–Crippen MR) is 91.9 cm³/mol. The first-order chi connectivity index (χ1) is 11.4. The van der Waals surface area contributed by atoms with E-state index in [1.807, 2.05) is 0 Å². The third kappa shape index (κ3) is 4.27. The fraction of sp³-hybridized carbons (Fsp3) is 0.667. The largest absolute Gasteiger partial charge is 0.494 e. The van der Waals surface area contributed by atoms with Crippen LogP contribution in [-0.2, 0) is 14.8 Å². The van der Waals surface area contributed by atoms with E-state index in [9.17, 15) is 13.2 Å². The number of hydrogen-bond donors (Lipinski definition) is 2. The van der Waals surface area contributed by atoms with Gasteiger partial charge < -0.3 is 15.2 Å². The summed E-state index contributed by atoms with van der Waals surface area (Å²) < 4.78 is 38.0. The highest BCUT2D eigenvalue weighted by Crippen LogP contribution is 2.35. The maximum atomic E-state index is 12.8. The van der Waals surface area contributed by atoms with Gasteiger partial charge in [0.15, 0.2) is 9.96 Å². The van der Waals surface area contributed by atoms with Crippen LogP contribution in [0.5, 0.6) is 5.75 Å². The lowest BCUT2D eigenvalue weighted by molar-refractivity contribution is 0.0606. The van der Waals surface area contributed by atoms with Gasteiger partial charge in [0.1, 0.15) is 4.88 Å². The van der Waals surface area contributed by atoms with Crippen molar-refractivity contribution in [3.05, 3.63) is 10.9 Å². The molecule has 1 aromatic heterocycles. The van der Waals surface area contributed by atoms with Gasteiger partial charge in [-0.2, -0.15) is 0 Å². The lowest BCUT2D eigenvalue weighted by atomic mass is 9.84. The third-order valence-electron chi connectivity index (χ3n) is 4.30. The number of carbonyl (C=O) groups is 1. The van der Waals surface area contributed by atoms with Crippen molar-refractivity contribution < 1.29 is 22.7 Å². The molecule has 3 N–H and O–H groups in total. The first-order valence-corrected chi connectivity index (χ1v) is 10.2. The summed E-state index contributed by atoms with van der Waals surface area (Å²) in [6.45, 7) is 0.238. The van der Waals surface area contributed by atoms with E-state index in [1.54, 1.807) is 0 Å². The zero-order chi connectivity index (χ0) is 17.7. The van der Waals surface area contributed by atoms with Crippen LogP contribution in [0.4, 0.5) is 0 Å². The smallest absolute Gasteiger partial charge is 0.348 e. The van der Waals surface area contributed by atoms with Crippen LogP contribution in [0, 0.1) is 5.92 Å². The summed E-state index contributed by atoms with van der Waals surface area (Å²) >= 11 is 0.832. The van der Waals surface area contributed by atoms with E-state index in [0.29, 0.717) is 0 Å². The molecule has 1 aromatic rings. The molecule has 0 radical (unpaired) electrons. The lowest BCUT2D eigenvalue weighted by Gasteiger charge is -2.29. The number of nitrogens with one attached hydrogen (secondary N) is 1. The van der Waals surface area contributed by atoms with E-state index in [1.165, 1.54) is 26.7 Å². The molecular weight excluding hydrogens is 352 g/mol. The molecule has 1 aliphatic rings. The Morgan fingerprint density at radius 3 is 2.58 bits per heavy atom. The van der Waals surface area contributed by atoms with Crippen molar-refractivity contribution >= 4 is 27.3 Å². The number of esters is 1. The van der Waals surface area contributed by atoms with E-state index < -0.39 is 16.0 Å². The van der Waals surface area contributed by atoms with Crippen molar-refractivity contribution in [2.45, 2.75) is 42.4 Å². The van der Waals surface area contributed by atoms with Crippen molar-refractivity contribution in [3.63, 3.8) is 0 Å². The minimum atomic E-state index is -3.83. The summed E-state index contributed by atoms with van der Waals surface area (Å²) in [7, 11) is -1.22. The molecule has 0 spiro atoms. The maximum Gasteiger partial charge on any atom is 0.348 e. The number of rotatable bonds is 7. The van der Waals surface area contributed by atoms with Crippen molar-refractivity contribution in [2.24, 2.45) is 11.7 Å². The van der Waals surface area contributed by atoms with Crippen molar-refractivity contribution in [1.82, 2.24) is 4.72 Å². The van der Waals surface area contributed by atoms with Gasteiger partial charge in [-0.25, -0.2) is 17.9 Å². The molecular formula is C15H24N2O5S2. The van der Waals surface area contributed by atoms with Gasteiger partial charge in [-0.1, -0.05) is 19.3 Å². The maximum absolute atomic E-state index is 12.8. The topological polar surface area (TPSA) is 108 Å². The average Bonchev–Trinajstić information content (AvgIpc) is 3.05. The number of ether oxygens (including phenoxy) is 2. The van der Waals surface area contributed by atoms with Crippen LogP contribution in [0.2, 0.25) is 0 Å². The van der Waals surface area contributed by atoms with Gasteiger partial charge in [-0.05, 0) is 18.8 Å². The van der Waals surface area contributed by atoms with Crippen LogP contribution >= 0.6 is 11.3 Å². The molecule has 0 saturated heterocycles. The molecule has 1 aliphatic carbocycles. The Labute approximate surface area is 146 Å². The van der Waals surface area contributed by atoms with Crippen molar-refractivity contribution in [2.75, 3.05) is 20.8 Å². The Morgan fingerprint density at radius 2 is 2.04 bits per heavy atom. The van der Waals surface area contributed by atoms with Crippen molar-refractivity contribution in [3.8, 4) is 5.75 Å². The minimum Gasteiger partial charge on any atom is -0.494 e. The quantitative estimate of drug-likeness (QED) is 0.702. The lowest BCUT2D eigenvalue weighted by Crippen LogP contribution is -2.45. The second kappa shape index (κ2) is 8.28. The third-order valence-corrected chi connectivity index (χ3v) is 7.40. The number of methoxy groups -OCH3 is 2. The highest BCUT2D eigenvalue weighted by molar-refractivity contribution is 7.91. The summed E-state index contributed by atoms with van der Waals surface area (Å²) in [6, 6.07) is 1.06. The molecule has 7 nitrogen and oxygen atoms in total. The van der Waals surface area contributed by atoms with E-state index in [2.05, 4.69) is 9.46 Å². The first-order valence-electron chi connectivity index (χ1n) is 7.91. The Hall–Kier alpha value is -1.16. The number of sulfonamides is 1. The van der Waals surface area contributed by atoms with E-state index in [-0.39, 0.29) is 33.3 Å². The van der Waals surface area contributed by atoms with Gasteiger partial charge in [-0.3, -0.25) is 0 Å². The van der Waals surface area contributed by atoms with Gasteiger partial charge in [-0.15, -0.1) is 11.3 Å². The number of thiophene rings is 1. The minimum absolute atomic E-state index is 0.0281. The van der Waals surface area contributed by atoms with Crippen LogP contribution < -0.4 is 15.2 Å². The highest BCUT2D eigenvalue weighted by atomic mass is 32.2. The van der Waals surface area contributed by atoms with Gasteiger partial charge in [0.2, 0.25) is 0 Å². The Kier molecular flexibility index (Phi) is 6.62. The van der Waals surface area contributed by atoms with E-state index >= 15 is 0 Å². The SMILES string of the molecule is COC(=O)c1cc(OC)c(S(=O)(=O)NC(CN)C2CCCCC2)s1. The number of nitrogens with two attached hydrogens (primary N) is 1. The monoisotopic (exact) mass is 376 g/mol. The van der Waals surface area contributed by atoms with Crippen LogP contribution in [0.25, 0.3) is 0 Å². The summed E-state index contributed by atoms with van der Waals surface area (Å²) in [5.41, 5.74) is 5.81. The second-order valence-corrected chi connectivity index (χ2v) is 8.78. The molecule has 1 fully saturated rings. The molecule has 1 atom stereocenters. The number of carbonyl (C=O) groups excluding carboxylic acids is 1. The zero-order valence-electron chi connectivity index (χ0n) is 13.9. The molecule has 1 unspecified atom stereocenters. The molecule has 1 saturated carbocycles. The second-order valence-electron chi connectivity index (χ2n) is 5.82. The fourth-order valence-electron chi connectivity index (χ4n) is 3.01. The number of hydrogen-bond acceptors (Lipinski definition) is 7. The Balaban J connectivity index is 2.25. The Morgan fingerprint density at radius 1 is 1.38 bits per heavy atom. The van der Waals surface area contributed by atoms with Gasteiger partial charge >= 0.3 is 5.97 Å². The van der Waals surface area contributed by atoms with Crippen LogP contribution in [0.3, 0.4) is 0 Å². The van der Waals surface area contributed by atoms with Gasteiger partial charge in [0, 0.05) is 18.7 Å². The summed E-state index contributed by atoms with van der Waals surface area (Å²) in [4.78, 5) is 11.8. The molecule has 0 aromatic carbocycles. The fourth-order valence-corrected chi connectivity index (χ4v) is 5.84. The highest BCUT2D eigenvalue weighted by Gasteiger charge is 2.31. The first kappa shape index (κ1) is 19.2. The molecule has 1 heterocycles. The van der Waals surface area contributed by atoms with E-state index in [0.717, 1.165) is 37.0 Å². The summed E-state index contributed by atoms with van der Waals surface area (Å²) in [6.07, 6.45) is 5.32. The molecule has 136 valence electrons. The average molecular weight is 377 g/mol. The van der Waals surface area contributed by atoms with Gasteiger partial charge in [0.25, 0.3) is 10.0 Å². The van der Waals surface area contributed by atoms with Gasteiger partial charge in [0.05, 0.1) is 14.2 Å². The molecule has 0 amide bonds. The standard InChI is InChI=1S/C15H24N2O5S2/c1-21-12-8-13(14(18)22-2)23-15(12)24(19,20)17-11(9-16)10-6-4-3-5-7-10/h8,10-11,17H,3-7,9,16H2,1-2H3. The van der Waals surface area contributed by atoms with Crippen LogP contribution in [-0.4, -0.2) is 41.2 Å². The molecule has 24 heavy (non-hydrogen) atoms. The normalized spacial score (nSPS) is 17.5. The molecule has 9 heteroatoms. The summed E-state index contributed by atoms with van der Waals surface area (Å²) in [5, 5.41) is 0.